The number of nitrogens with zero attached hydrogens (tertiary/aromatic N) is 1. The van der Waals surface area contributed by atoms with Gasteiger partial charge in [0.25, 0.3) is 0 Å². The Morgan fingerprint density at radius 1 is 1.18 bits per heavy atom. The van der Waals surface area contributed by atoms with Gasteiger partial charge in [-0.25, -0.2) is 0 Å². The van der Waals surface area contributed by atoms with Crippen LogP contribution in [0.4, 0.5) is 0 Å². The average molecular weight is 233 g/mol. The zero-order valence-corrected chi connectivity index (χ0v) is 11.1. The number of para-hydroxylation sites is 1. The van der Waals surface area contributed by atoms with Crippen molar-refractivity contribution in [1.29, 1.82) is 0 Å². The van der Waals surface area contributed by atoms with E-state index in [0.29, 0.717) is 6.10 Å². The third kappa shape index (κ3) is 3.47. The third-order valence-electron chi connectivity index (χ3n) is 3.37. The van der Waals surface area contributed by atoms with Crippen LogP contribution in [0.1, 0.15) is 33.6 Å². The van der Waals surface area contributed by atoms with Gasteiger partial charge in [0.2, 0.25) is 0 Å². The van der Waals surface area contributed by atoms with Crippen molar-refractivity contribution in [3.8, 4) is 5.75 Å². The molecule has 94 valence electrons. The van der Waals surface area contributed by atoms with Crippen LogP contribution in [0.2, 0.25) is 0 Å². The topological polar surface area (TPSA) is 12.5 Å². The Balaban J connectivity index is 1.94. The van der Waals surface area contributed by atoms with Gasteiger partial charge < -0.3 is 4.74 Å². The van der Waals surface area contributed by atoms with E-state index >= 15 is 0 Å². The van der Waals surface area contributed by atoms with Gasteiger partial charge in [0.1, 0.15) is 11.9 Å². The van der Waals surface area contributed by atoms with Gasteiger partial charge in [-0.1, -0.05) is 18.2 Å². The van der Waals surface area contributed by atoms with Gasteiger partial charge in [-0.3, -0.25) is 4.90 Å². The number of hydrogen-bond donors (Lipinski definition) is 0. The van der Waals surface area contributed by atoms with E-state index in [1.807, 2.05) is 30.3 Å². The van der Waals surface area contributed by atoms with Crippen LogP contribution in [-0.2, 0) is 0 Å². The van der Waals surface area contributed by atoms with E-state index in [2.05, 4.69) is 25.7 Å². The van der Waals surface area contributed by atoms with Crippen LogP contribution in [-0.4, -0.2) is 29.6 Å². The first-order valence-electron chi connectivity index (χ1n) is 6.52. The van der Waals surface area contributed by atoms with Crippen LogP contribution >= 0.6 is 0 Å². The van der Waals surface area contributed by atoms with Gasteiger partial charge in [-0.2, -0.15) is 0 Å². The molecule has 2 rings (SSSR count). The SMILES string of the molecule is CC(C)(C)N1CCCC(Oc2ccccc2)C1. The lowest BCUT2D eigenvalue weighted by atomic mass is 9.99. The molecule has 1 atom stereocenters. The molecule has 1 unspecified atom stereocenters. The normalized spacial score (nSPS) is 22.4. The van der Waals surface area contributed by atoms with Gasteiger partial charge in [-0.15, -0.1) is 0 Å². The first-order valence-corrected chi connectivity index (χ1v) is 6.52. The minimum atomic E-state index is 0.249. The van der Waals surface area contributed by atoms with Crippen molar-refractivity contribution < 1.29 is 4.74 Å². The molecule has 0 radical (unpaired) electrons. The molecule has 1 aromatic carbocycles. The Hall–Kier alpha value is -1.02. The predicted octanol–water partition coefficient (Wildman–Crippen LogP) is 3.33. The minimum absolute atomic E-state index is 0.249. The molecule has 1 saturated heterocycles. The first-order chi connectivity index (χ1) is 8.05. The van der Waals surface area contributed by atoms with Crippen LogP contribution in [0.3, 0.4) is 0 Å². The highest BCUT2D eigenvalue weighted by Crippen LogP contribution is 2.23. The first kappa shape index (κ1) is 12.4. The number of hydrogen-bond acceptors (Lipinski definition) is 2. The zero-order chi connectivity index (χ0) is 12.3. The Bertz CT molecular complexity index is 342. The average Bonchev–Trinajstić information content (AvgIpc) is 2.29. The van der Waals surface area contributed by atoms with Crippen LogP contribution < -0.4 is 4.74 Å². The molecule has 1 aliphatic heterocycles. The summed E-state index contributed by atoms with van der Waals surface area (Å²) in [4.78, 5) is 2.52. The molecule has 0 bridgehead atoms. The van der Waals surface area contributed by atoms with Crippen LogP contribution in [0, 0.1) is 0 Å². The Morgan fingerprint density at radius 2 is 1.88 bits per heavy atom. The summed E-state index contributed by atoms with van der Waals surface area (Å²) >= 11 is 0. The van der Waals surface area contributed by atoms with E-state index in [1.165, 1.54) is 19.4 Å². The summed E-state index contributed by atoms with van der Waals surface area (Å²) in [6.07, 6.45) is 2.74. The lowest BCUT2D eigenvalue weighted by molar-refractivity contribution is 0.0347. The summed E-state index contributed by atoms with van der Waals surface area (Å²) in [5, 5.41) is 0. The molecule has 17 heavy (non-hydrogen) atoms. The molecule has 1 aliphatic rings. The second-order valence-electron chi connectivity index (χ2n) is 5.81. The molecule has 0 aromatic heterocycles. The van der Waals surface area contributed by atoms with Crippen LogP contribution in [0.25, 0.3) is 0 Å². The Labute approximate surface area is 105 Å². The minimum Gasteiger partial charge on any atom is -0.489 e. The molecule has 1 fully saturated rings. The Kier molecular flexibility index (Phi) is 3.72. The monoisotopic (exact) mass is 233 g/mol. The van der Waals surface area contributed by atoms with Crippen molar-refractivity contribution in [3.63, 3.8) is 0 Å². The predicted molar refractivity (Wildman–Crippen MR) is 71.4 cm³/mol. The van der Waals surface area contributed by atoms with Gasteiger partial charge in [-0.05, 0) is 52.3 Å². The van der Waals surface area contributed by atoms with Crippen molar-refractivity contribution in [2.75, 3.05) is 13.1 Å². The molecule has 0 N–H and O–H groups in total. The fourth-order valence-electron chi connectivity index (χ4n) is 2.34. The number of benzene rings is 1. The standard InChI is InChI=1S/C15H23NO/c1-15(2,3)16-11-7-10-14(12-16)17-13-8-5-4-6-9-13/h4-6,8-9,14H,7,10-12H2,1-3H3. The molecule has 0 aliphatic carbocycles. The van der Waals surface area contributed by atoms with Crippen molar-refractivity contribution in [1.82, 2.24) is 4.90 Å². The maximum Gasteiger partial charge on any atom is 0.119 e. The Morgan fingerprint density at radius 3 is 2.53 bits per heavy atom. The molecular weight excluding hydrogens is 210 g/mol. The summed E-state index contributed by atoms with van der Waals surface area (Å²) in [6, 6.07) is 10.2. The second-order valence-corrected chi connectivity index (χ2v) is 5.81. The quantitative estimate of drug-likeness (QED) is 0.777. The van der Waals surface area contributed by atoms with E-state index in [9.17, 15) is 0 Å². The van der Waals surface area contributed by atoms with Crippen LogP contribution in [0.5, 0.6) is 5.75 Å². The van der Waals surface area contributed by atoms with E-state index in [1.54, 1.807) is 0 Å². The number of rotatable bonds is 2. The van der Waals surface area contributed by atoms with Gasteiger partial charge in [0, 0.05) is 12.1 Å². The summed E-state index contributed by atoms with van der Waals surface area (Å²) in [5.41, 5.74) is 0.249. The van der Waals surface area contributed by atoms with Crippen molar-refractivity contribution in [2.45, 2.75) is 45.3 Å². The second kappa shape index (κ2) is 5.09. The maximum absolute atomic E-state index is 6.04. The van der Waals surface area contributed by atoms with Crippen molar-refractivity contribution >= 4 is 0 Å². The summed E-state index contributed by atoms with van der Waals surface area (Å²) in [6.45, 7) is 9.06. The van der Waals surface area contributed by atoms with E-state index in [4.69, 9.17) is 4.74 Å². The fourth-order valence-corrected chi connectivity index (χ4v) is 2.34. The molecule has 2 heteroatoms. The van der Waals surface area contributed by atoms with Gasteiger partial charge >= 0.3 is 0 Å². The highest BCUT2D eigenvalue weighted by Gasteiger charge is 2.28. The lowest BCUT2D eigenvalue weighted by Gasteiger charge is -2.41. The molecular formula is C15H23NO. The third-order valence-corrected chi connectivity index (χ3v) is 3.37. The molecule has 0 amide bonds. The highest BCUT2D eigenvalue weighted by atomic mass is 16.5. The highest BCUT2D eigenvalue weighted by molar-refractivity contribution is 5.21. The lowest BCUT2D eigenvalue weighted by Crippen LogP contribution is -2.50. The summed E-state index contributed by atoms with van der Waals surface area (Å²) in [7, 11) is 0. The molecule has 2 nitrogen and oxygen atoms in total. The van der Waals surface area contributed by atoms with E-state index in [0.717, 1.165) is 12.3 Å². The van der Waals surface area contributed by atoms with Crippen molar-refractivity contribution in [2.24, 2.45) is 0 Å². The van der Waals surface area contributed by atoms with Gasteiger partial charge in [0.05, 0.1) is 0 Å². The van der Waals surface area contributed by atoms with Crippen molar-refractivity contribution in [3.05, 3.63) is 30.3 Å². The zero-order valence-electron chi connectivity index (χ0n) is 11.1. The van der Waals surface area contributed by atoms with Gasteiger partial charge in [0.15, 0.2) is 0 Å². The molecule has 0 spiro atoms. The molecule has 1 aromatic rings. The summed E-state index contributed by atoms with van der Waals surface area (Å²) < 4.78 is 6.04. The smallest absolute Gasteiger partial charge is 0.119 e. The van der Waals surface area contributed by atoms with E-state index in [-0.39, 0.29) is 5.54 Å². The summed E-state index contributed by atoms with van der Waals surface area (Å²) in [5.74, 6) is 0.994. The maximum atomic E-state index is 6.04. The number of ether oxygens (including phenoxy) is 1. The van der Waals surface area contributed by atoms with Crippen LogP contribution in [0.15, 0.2) is 30.3 Å². The number of likely N-dealkylation sites (tertiary alicyclic amines) is 1. The number of piperidine rings is 1. The molecule has 0 saturated carbocycles. The largest absolute Gasteiger partial charge is 0.489 e. The molecule has 1 heterocycles. The van der Waals surface area contributed by atoms with E-state index < -0.39 is 0 Å². The fraction of sp³-hybridized carbons (Fsp3) is 0.600.